The van der Waals surface area contributed by atoms with E-state index in [0.29, 0.717) is 6.42 Å². The van der Waals surface area contributed by atoms with Crippen LogP contribution in [-0.4, -0.2) is 55.0 Å². The molecule has 1 N–H and O–H groups in total. The van der Waals surface area contributed by atoms with E-state index in [1.807, 2.05) is 41.3 Å². The Hall–Kier alpha value is -2.34. The lowest BCUT2D eigenvalue weighted by molar-refractivity contribution is -0.131. The number of phenolic OH excluding ortho intramolecular Hbond substituents is 1. The van der Waals surface area contributed by atoms with Gasteiger partial charge >= 0.3 is 0 Å². The second kappa shape index (κ2) is 8.85. The summed E-state index contributed by atoms with van der Waals surface area (Å²) in [4.78, 5) is 17.8. The number of nitrogens with zero attached hydrogens (tertiary/aromatic N) is 2. The van der Waals surface area contributed by atoms with Crippen LogP contribution in [0.15, 0.2) is 53.4 Å². The van der Waals surface area contributed by atoms with Crippen molar-refractivity contribution in [1.29, 1.82) is 0 Å². The Kier molecular flexibility index (Phi) is 6.28. The van der Waals surface area contributed by atoms with Crippen molar-refractivity contribution in [3.8, 4) is 11.5 Å². The minimum Gasteiger partial charge on any atom is -0.508 e. The number of aromatic hydroxyl groups is 1. The fourth-order valence-electron chi connectivity index (χ4n) is 2.96. The van der Waals surface area contributed by atoms with E-state index in [9.17, 15) is 9.90 Å². The van der Waals surface area contributed by atoms with E-state index in [-0.39, 0.29) is 11.7 Å². The first-order chi connectivity index (χ1) is 12.7. The van der Waals surface area contributed by atoms with E-state index in [1.54, 1.807) is 31.0 Å². The van der Waals surface area contributed by atoms with Gasteiger partial charge in [0, 0.05) is 48.9 Å². The normalized spacial score (nSPS) is 14.3. The van der Waals surface area contributed by atoms with Crippen LogP contribution in [0.25, 0.3) is 0 Å². The number of anilines is 1. The van der Waals surface area contributed by atoms with Crippen LogP contribution in [0.3, 0.4) is 0 Å². The molecule has 0 saturated carbocycles. The predicted molar refractivity (Wildman–Crippen MR) is 105 cm³/mol. The van der Waals surface area contributed by atoms with E-state index in [4.69, 9.17) is 4.74 Å². The molecule has 1 amide bonds. The molecule has 0 spiro atoms. The molecule has 138 valence electrons. The summed E-state index contributed by atoms with van der Waals surface area (Å²) < 4.78 is 5.15. The predicted octanol–water partition coefficient (Wildman–Crippen LogP) is 3.23. The van der Waals surface area contributed by atoms with E-state index >= 15 is 0 Å². The Labute approximate surface area is 158 Å². The maximum absolute atomic E-state index is 12.4. The van der Waals surface area contributed by atoms with Gasteiger partial charge in [0.15, 0.2) is 0 Å². The molecule has 1 saturated heterocycles. The fraction of sp³-hybridized carbons (Fsp3) is 0.350. The zero-order valence-electron chi connectivity index (χ0n) is 14.9. The molecule has 2 aromatic carbocycles. The molecule has 5 nitrogen and oxygen atoms in total. The number of phenols is 1. The van der Waals surface area contributed by atoms with Crippen LogP contribution in [0, 0.1) is 0 Å². The SMILES string of the molecule is COc1ccc(SCCC(=O)N2CCN(c3ccc(O)cc3)CC2)cc1. The summed E-state index contributed by atoms with van der Waals surface area (Å²) in [5, 5.41) is 9.38. The summed E-state index contributed by atoms with van der Waals surface area (Å²) in [6.45, 7) is 3.13. The van der Waals surface area contributed by atoms with E-state index in [1.165, 1.54) is 0 Å². The van der Waals surface area contributed by atoms with Gasteiger partial charge in [0.05, 0.1) is 7.11 Å². The maximum atomic E-state index is 12.4. The lowest BCUT2D eigenvalue weighted by atomic mass is 10.2. The van der Waals surface area contributed by atoms with Gasteiger partial charge in [-0.1, -0.05) is 0 Å². The Balaban J connectivity index is 1.41. The number of thioether (sulfide) groups is 1. The summed E-state index contributed by atoms with van der Waals surface area (Å²) in [5.74, 6) is 2.12. The number of methoxy groups -OCH3 is 1. The van der Waals surface area contributed by atoms with Crippen LogP contribution in [0.1, 0.15) is 6.42 Å². The Morgan fingerprint density at radius 1 is 1.04 bits per heavy atom. The van der Waals surface area contributed by atoms with Gasteiger partial charge in [-0.2, -0.15) is 0 Å². The van der Waals surface area contributed by atoms with E-state index < -0.39 is 0 Å². The molecule has 1 aliphatic rings. The Bertz CT molecular complexity index is 711. The van der Waals surface area contributed by atoms with Crippen molar-refractivity contribution in [2.45, 2.75) is 11.3 Å². The first kappa shape index (κ1) is 18.5. The summed E-state index contributed by atoms with van der Waals surface area (Å²) in [5.41, 5.74) is 1.09. The number of benzene rings is 2. The molecule has 1 fully saturated rings. The van der Waals surface area contributed by atoms with Gasteiger partial charge in [-0.05, 0) is 48.5 Å². The van der Waals surface area contributed by atoms with Crippen molar-refractivity contribution in [2.75, 3.05) is 43.9 Å². The van der Waals surface area contributed by atoms with Gasteiger partial charge in [0.2, 0.25) is 5.91 Å². The molecule has 1 heterocycles. The van der Waals surface area contributed by atoms with Crippen LogP contribution in [0.5, 0.6) is 11.5 Å². The maximum Gasteiger partial charge on any atom is 0.223 e. The van der Waals surface area contributed by atoms with Crippen molar-refractivity contribution >= 4 is 23.4 Å². The summed E-state index contributed by atoms with van der Waals surface area (Å²) in [6.07, 6.45) is 0.551. The largest absolute Gasteiger partial charge is 0.508 e. The summed E-state index contributed by atoms with van der Waals surface area (Å²) in [7, 11) is 1.65. The molecular formula is C20H24N2O3S. The highest BCUT2D eigenvalue weighted by molar-refractivity contribution is 7.99. The molecule has 0 aliphatic carbocycles. The highest BCUT2D eigenvalue weighted by Crippen LogP contribution is 2.23. The number of hydrogen-bond acceptors (Lipinski definition) is 5. The fourth-order valence-corrected chi connectivity index (χ4v) is 3.80. The molecule has 0 unspecified atom stereocenters. The van der Waals surface area contributed by atoms with Crippen molar-refractivity contribution in [1.82, 2.24) is 4.90 Å². The van der Waals surface area contributed by atoms with Crippen molar-refractivity contribution in [2.24, 2.45) is 0 Å². The minimum absolute atomic E-state index is 0.219. The lowest BCUT2D eigenvalue weighted by Crippen LogP contribution is -2.48. The van der Waals surface area contributed by atoms with Gasteiger partial charge in [-0.3, -0.25) is 4.79 Å². The molecule has 0 bridgehead atoms. The third-order valence-electron chi connectivity index (χ3n) is 4.49. The average molecular weight is 372 g/mol. The first-order valence-corrected chi connectivity index (χ1v) is 9.73. The quantitative estimate of drug-likeness (QED) is 0.789. The monoisotopic (exact) mass is 372 g/mol. The molecule has 1 aliphatic heterocycles. The van der Waals surface area contributed by atoms with Gasteiger partial charge in [-0.15, -0.1) is 11.8 Å². The molecule has 0 atom stereocenters. The lowest BCUT2D eigenvalue weighted by Gasteiger charge is -2.36. The second-order valence-corrected chi connectivity index (χ2v) is 7.33. The number of piperazine rings is 1. The first-order valence-electron chi connectivity index (χ1n) is 8.74. The van der Waals surface area contributed by atoms with Crippen molar-refractivity contribution in [3.05, 3.63) is 48.5 Å². The van der Waals surface area contributed by atoms with Gasteiger partial charge < -0.3 is 19.6 Å². The van der Waals surface area contributed by atoms with Crippen LogP contribution >= 0.6 is 11.8 Å². The van der Waals surface area contributed by atoms with E-state index in [2.05, 4.69) is 4.90 Å². The number of carbonyl (C=O) groups excluding carboxylic acids is 1. The smallest absolute Gasteiger partial charge is 0.223 e. The zero-order chi connectivity index (χ0) is 18.4. The van der Waals surface area contributed by atoms with Crippen LogP contribution in [0.2, 0.25) is 0 Å². The molecule has 3 rings (SSSR count). The van der Waals surface area contributed by atoms with Crippen molar-refractivity contribution < 1.29 is 14.6 Å². The van der Waals surface area contributed by atoms with E-state index in [0.717, 1.165) is 48.3 Å². The molecular weight excluding hydrogens is 348 g/mol. The number of carbonyl (C=O) groups is 1. The number of amides is 1. The van der Waals surface area contributed by atoms with Crippen LogP contribution < -0.4 is 9.64 Å². The second-order valence-electron chi connectivity index (χ2n) is 6.16. The number of hydrogen-bond donors (Lipinski definition) is 1. The van der Waals surface area contributed by atoms with Gasteiger partial charge in [0.25, 0.3) is 0 Å². The van der Waals surface area contributed by atoms with Crippen LogP contribution in [0.4, 0.5) is 5.69 Å². The standard InChI is InChI=1S/C20H24N2O3S/c1-25-18-6-8-19(9-7-18)26-15-10-20(24)22-13-11-21(12-14-22)16-2-4-17(23)5-3-16/h2-9,23H,10-15H2,1H3. The number of rotatable bonds is 6. The third-order valence-corrected chi connectivity index (χ3v) is 5.51. The average Bonchev–Trinajstić information content (AvgIpc) is 2.69. The molecule has 0 radical (unpaired) electrons. The summed E-state index contributed by atoms with van der Waals surface area (Å²) in [6, 6.07) is 15.1. The Morgan fingerprint density at radius 2 is 1.69 bits per heavy atom. The topological polar surface area (TPSA) is 53.0 Å². The summed E-state index contributed by atoms with van der Waals surface area (Å²) >= 11 is 1.69. The molecule has 2 aromatic rings. The van der Waals surface area contributed by atoms with Crippen LogP contribution in [-0.2, 0) is 4.79 Å². The molecule has 6 heteroatoms. The number of ether oxygens (including phenoxy) is 1. The molecule has 26 heavy (non-hydrogen) atoms. The highest BCUT2D eigenvalue weighted by Gasteiger charge is 2.21. The van der Waals surface area contributed by atoms with Gasteiger partial charge in [0.1, 0.15) is 11.5 Å². The minimum atomic E-state index is 0.219. The molecule has 0 aromatic heterocycles. The third kappa shape index (κ3) is 4.85. The Morgan fingerprint density at radius 3 is 2.31 bits per heavy atom. The van der Waals surface area contributed by atoms with Gasteiger partial charge in [-0.25, -0.2) is 0 Å². The van der Waals surface area contributed by atoms with Crippen molar-refractivity contribution in [3.63, 3.8) is 0 Å². The zero-order valence-corrected chi connectivity index (χ0v) is 15.7. The highest BCUT2D eigenvalue weighted by atomic mass is 32.2.